The number of carbonyl (C=O) groups excluding carboxylic acids is 2. The van der Waals surface area contributed by atoms with Gasteiger partial charge in [0.15, 0.2) is 6.10 Å². The van der Waals surface area contributed by atoms with E-state index in [1.807, 2.05) is 31.2 Å². The highest BCUT2D eigenvalue weighted by atomic mass is 16.6. The van der Waals surface area contributed by atoms with Crippen molar-refractivity contribution in [1.82, 2.24) is 10.2 Å². The van der Waals surface area contributed by atoms with Crippen LogP contribution in [0.3, 0.4) is 0 Å². The summed E-state index contributed by atoms with van der Waals surface area (Å²) in [5, 5.41) is 12.6. The highest BCUT2D eigenvalue weighted by Gasteiger charge is 2.69. The predicted molar refractivity (Wildman–Crippen MR) is 126 cm³/mol. The maximum absolute atomic E-state index is 13.3. The van der Waals surface area contributed by atoms with Gasteiger partial charge in [-0.15, -0.1) is 0 Å². The lowest BCUT2D eigenvalue weighted by Crippen LogP contribution is -2.59. The molecule has 0 aromatic heterocycles. The Kier molecular flexibility index (Phi) is 4.93. The zero-order valence-corrected chi connectivity index (χ0v) is 19.5. The molecule has 4 fully saturated rings. The molecule has 35 heavy (non-hydrogen) atoms. The minimum absolute atomic E-state index is 0.0574. The molecule has 3 heterocycles. The molecule has 2 aromatic rings. The summed E-state index contributed by atoms with van der Waals surface area (Å²) in [5.74, 6) is -1.40. The molecular weight excluding hydrogens is 448 g/mol. The van der Waals surface area contributed by atoms with E-state index in [0.29, 0.717) is 32.4 Å². The Morgan fingerprint density at radius 3 is 2.34 bits per heavy atom. The molecule has 2 N–H and O–H groups in total. The summed E-state index contributed by atoms with van der Waals surface area (Å²) in [6.45, 7) is 2.90. The molecule has 2 atom stereocenters. The highest BCUT2D eigenvalue weighted by molar-refractivity contribution is 5.92. The SMILES string of the molecule is CC12CN(C(=O)C3OCCC3NC(=O)OCC3c4ccccc4-c4ccccc43)C(C(=O)O)(C1)C2. The van der Waals surface area contributed by atoms with Gasteiger partial charge >= 0.3 is 12.1 Å². The number of hydrogen-bond acceptors (Lipinski definition) is 5. The van der Waals surface area contributed by atoms with E-state index >= 15 is 0 Å². The third-order valence-electron chi connectivity index (χ3n) is 8.14. The predicted octanol–water partition coefficient (Wildman–Crippen LogP) is 3.15. The molecule has 2 bridgehead atoms. The van der Waals surface area contributed by atoms with E-state index < -0.39 is 29.7 Å². The summed E-state index contributed by atoms with van der Waals surface area (Å²) < 4.78 is 11.3. The van der Waals surface area contributed by atoms with Crippen molar-refractivity contribution in [3.8, 4) is 11.1 Å². The zero-order chi connectivity index (χ0) is 24.4. The molecule has 0 spiro atoms. The lowest BCUT2D eigenvalue weighted by molar-refractivity contribution is -0.163. The van der Waals surface area contributed by atoms with Gasteiger partial charge < -0.3 is 24.8 Å². The second-order valence-corrected chi connectivity index (χ2v) is 10.6. The Bertz CT molecular complexity index is 1170. The van der Waals surface area contributed by atoms with Gasteiger partial charge in [-0.25, -0.2) is 9.59 Å². The van der Waals surface area contributed by atoms with E-state index in [1.165, 1.54) is 4.90 Å². The summed E-state index contributed by atoms with van der Waals surface area (Å²) in [6.07, 6.45) is -0.136. The van der Waals surface area contributed by atoms with Crippen LogP contribution >= 0.6 is 0 Å². The first-order valence-electron chi connectivity index (χ1n) is 12.1. The van der Waals surface area contributed by atoms with Gasteiger partial charge in [0.25, 0.3) is 5.91 Å². The fourth-order valence-corrected chi connectivity index (χ4v) is 6.68. The van der Waals surface area contributed by atoms with Crippen LogP contribution in [0.1, 0.15) is 43.2 Å². The van der Waals surface area contributed by atoms with E-state index in [9.17, 15) is 19.5 Å². The van der Waals surface area contributed by atoms with Crippen LogP contribution in [0, 0.1) is 5.41 Å². The number of aliphatic carboxylic acids is 1. The maximum Gasteiger partial charge on any atom is 0.407 e. The monoisotopic (exact) mass is 476 g/mol. The molecule has 2 amide bonds. The van der Waals surface area contributed by atoms with Gasteiger partial charge in [0.1, 0.15) is 12.1 Å². The quantitative estimate of drug-likeness (QED) is 0.687. The van der Waals surface area contributed by atoms with Crippen molar-refractivity contribution in [3.63, 3.8) is 0 Å². The van der Waals surface area contributed by atoms with Crippen molar-refractivity contribution < 1.29 is 29.0 Å². The van der Waals surface area contributed by atoms with Crippen LogP contribution in [0.5, 0.6) is 0 Å². The molecule has 2 aromatic carbocycles. The summed E-state index contributed by atoms with van der Waals surface area (Å²) in [4.78, 5) is 39.5. The Balaban J connectivity index is 1.12. The number of alkyl carbamates (subject to hydrolysis) is 1. The number of carboxylic acids is 1. The van der Waals surface area contributed by atoms with Crippen LogP contribution in [0.4, 0.5) is 4.79 Å². The number of ether oxygens (including phenoxy) is 2. The molecule has 2 aliphatic carbocycles. The molecule has 182 valence electrons. The van der Waals surface area contributed by atoms with Gasteiger partial charge in [0.2, 0.25) is 0 Å². The number of hydrogen-bond donors (Lipinski definition) is 2. The van der Waals surface area contributed by atoms with Gasteiger partial charge in [-0.05, 0) is 46.9 Å². The Morgan fingerprint density at radius 2 is 1.71 bits per heavy atom. The number of fused-ring (bicyclic) bond motifs is 4. The smallest absolute Gasteiger partial charge is 0.407 e. The van der Waals surface area contributed by atoms with Gasteiger partial charge in [-0.3, -0.25) is 4.79 Å². The number of rotatable bonds is 5. The molecule has 3 saturated heterocycles. The number of nitrogens with zero attached hydrogens (tertiary/aromatic N) is 1. The van der Waals surface area contributed by atoms with Crippen molar-refractivity contribution in [3.05, 3.63) is 59.7 Å². The van der Waals surface area contributed by atoms with Crippen LogP contribution in [-0.2, 0) is 19.1 Å². The number of carboxylic acid groups (broad SMARTS) is 1. The summed E-state index contributed by atoms with van der Waals surface area (Å²) in [5.41, 5.74) is 3.24. The lowest BCUT2D eigenvalue weighted by Gasteiger charge is -2.43. The van der Waals surface area contributed by atoms with Crippen molar-refractivity contribution in [2.75, 3.05) is 19.8 Å². The first kappa shape index (κ1) is 22.1. The second kappa shape index (κ2) is 7.81. The van der Waals surface area contributed by atoms with Crippen molar-refractivity contribution >= 4 is 18.0 Å². The number of carbonyl (C=O) groups is 3. The molecule has 0 radical (unpaired) electrons. The number of amides is 2. The highest BCUT2D eigenvalue weighted by Crippen LogP contribution is 2.59. The normalized spacial score (nSPS) is 30.4. The van der Waals surface area contributed by atoms with Gasteiger partial charge in [-0.2, -0.15) is 0 Å². The van der Waals surface area contributed by atoms with Crippen LogP contribution in [0.25, 0.3) is 11.1 Å². The van der Waals surface area contributed by atoms with Gasteiger partial charge in [0.05, 0.1) is 6.04 Å². The molecule has 2 unspecified atom stereocenters. The first-order valence-corrected chi connectivity index (χ1v) is 12.1. The van der Waals surface area contributed by atoms with Crippen LogP contribution in [0.15, 0.2) is 48.5 Å². The summed E-state index contributed by atoms with van der Waals surface area (Å²) >= 11 is 0. The third kappa shape index (κ3) is 3.34. The van der Waals surface area contributed by atoms with Crippen LogP contribution < -0.4 is 5.32 Å². The molecule has 8 heteroatoms. The van der Waals surface area contributed by atoms with E-state index in [1.54, 1.807) is 0 Å². The Morgan fingerprint density at radius 1 is 1.09 bits per heavy atom. The van der Waals surface area contributed by atoms with Crippen molar-refractivity contribution in [2.24, 2.45) is 5.41 Å². The molecule has 1 saturated carbocycles. The summed E-state index contributed by atoms with van der Waals surface area (Å²) in [6, 6.07) is 15.7. The van der Waals surface area contributed by atoms with Gasteiger partial charge in [-0.1, -0.05) is 55.5 Å². The van der Waals surface area contributed by atoms with E-state index in [4.69, 9.17) is 9.47 Å². The molecule has 3 aliphatic heterocycles. The molecular formula is C27H28N2O6. The number of nitrogens with one attached hydrogen (secondary N) is 1. The fourth-order valence-electron chi connectivity index (χ4n) is 6.68. The minimum atomic E-state index is -1.15. The third-order valence-corrected chi connectivity index (χ3v) is 8.14. The molecule has 8 nitrogen and oxygen atoms in total. The Labute approximate surface area is 203 Å². The van der Waals surface area contributed by atoms with E-state index in [2.05, 4.69) is 29.6 Å². The standard InChI is InChI=1S/C27H28N2O6/c1-26-13-27(14-26,24(31)32)29(15-26)23(30)22-21(10-11-34-22)28-25(33)35-12-20-18-8-4-2-6-16(18)17-7-3-5-9-19(17)20/h2-9,20-22H,10-15H2,1H3,(H,28,33)(H,31,32). The van der Waals surface area contributed by atoms with Crippen LogP contribution in [0.2, 0.25) is 0 Å². The first-order chi connectivity index (χ1) is 16.8. The zero-order valence-electron chi connectivity index (χ0n) is 19.5. The average Bonchev–Trinajstić information content (AvgIpc) is 3.56. The largest absolute Gasteiger partial charge is 0.479 e. The molecule has 7 rings (SSSR count). The van der Waals surface area contributed by atoms with Crippen molar-refractivity contribution in [1.29, 1.82) is 0 Å². The van der Waals surface area contributed by atoms with Gasteiger partial charge in [0, 0.05) is 19.1 Å². The molecule has 5 aliphatic rings. The Hall–Kier alpha value is -3.39. The minimum Gasteiger partial charge on any atom is -0.479 e. The lowest BCUT2D eigenvalue weighted by atomic mass is 9.63. The fraction of sp³-hybridized carbons (Fsp3) is 0.444. The van der Waals surface area contributed by atoms with Crippen LogP contribution in [-0.4, -0.2) is 65.4 Å². The topological polar surface area (TPSA) is 105 Å². The van der Waals surface area contributed by atoms with E-state index in [-0.39, 0.29) is 23.8 Å². The van der Waals surface area contributed by atoms with Crippen molar-refractivity contribution in [2.45, 2.75) is 49.8 Å². The number of benzene rings is 2. The van der Waals surface area contributed by atoms with E-state index in [0.717, 1.165) is 22.3 Å². The second-order valence-electron chi connectivity index (χ2n) is 10.6. The summed E-state index contributed by atoms with van der Waals surface area (Å²) in [7, 11) is 0. The average molecular weight is 477 g/mol. The maximum atomic E-state index is 13.3.